The smallest absolute Gasteiger partial charge is 0.195 e. The molecule has 0 amide bonds. The Morgan fingerprint density at radius 1 is 0.729 bits per heavy atom. The summed E-state index contributed by atoms with van der Waals surface area (Å²) in [5, 5.41) is 0.914. The molecule has 1 atom stereocenters. The molecule has 0 bridgehead atoms. The molecule has 1 fully saturated rings. The maximum absolute atomic E-state index is 14.3. The van der Waals surface area contributed by atoms with E-state index in [-0.39, 0.29) is 5.78 Å². The lowest BCUT2D eigenvalue weighted by molar-refractivity contribution is 0.104. The third-order valence-electron chi connectivity index (χ3n) is 8.80. The van der Waals surface area contributed by atoms with Crippen molar-refractivity contribution in [3.63, 3.8) is 0 Å². The molecule has 0 N–H and O–H groups in total. The van der Waals surface area contributed by atoms with Gasteiger partial charge in [-0.1, -0.05) is 67.6 Å². The number of ether oxygens (including phenoxy) is 3. The van der Waals surface area contributed by atoms with Crippen molar-refractivity contribution in [2.45, 2.75) is 26.6 Å². The lowest BCUT2D eigenvalue weighted by Crippen LogP contribution is -2.25. The molecule has 0 saturated carbocycles. The molecule has 6 heteroatoms. The highest BCUT2D eigenvalue weighted by Crippen LogP contribution is 2.42. The first-order valence-electron chi connectivity index (χ1n) is 16.6. The van der Waals surface area contributed by atoms with Crippen LogP contribution in [0.1, 0.15) is 40.4 Å². The highest BCUT2D eigenvalue weighted by Gasteiger charge is 2.23. The molecule has 6 aromatic rings. The van der Waals surface area contributed by atoms with Gasteiger partial charge in [0.15, 0.2) is 5.78 Å². The van der Waals surface area contributed by atoms with E-state index in [1.807, 2.05) is 103 Å². The highest BCUT2D eigenvalue weighted by molar-refractivity contribution is 7.22. The molecule has 1 aromatic heterocycles. The van der Waals surface area contributed by atoms with Crippen molar-refractivity contribution < 1.29 is 19.0 Å². The van der Waals surface area contributed by atoms with Crippen LogP contribution in [0.3, 0.4) is 0 Å². The summed E-state index contributed by atoms with van der Waals surface area (Å²) in [4.78, 5) is 17.6. The van der Waals surface area contributed by atoms with E-state index in [4.69, 9.17) is 14.2 Å². The number of ketones is 1. The predicted molar refractivity (Wildman–Crippen MR) is 194 cm³/mol. The molecular weight excluding hydrogens is 615 g/mol. The van der Waals surface area contributed by atoms with Gasteiger partial charge in [0.25, 0.3) is 0 Å². The van der Waals surface area contributed by atoms with E-state index in [1.54, 1.807) is 11.3 Å². The van der Waals surface area contributed by atoms with Gasteiger partial charge in [-0.2, -0.15) is 0 Å². The Morgan fingerprint density at radius 3 is 1.98 bits per heavy atom. The van der Waals surface area contributed by atoms with E-state index in [1.165, 1.54) is 6.42 Å². The number of hydrogen-bond donors (Lipinski definition) is 0. The van der Waals surface area contributed by atoms with Gasteiger partial charge in [0.05, 0.1) is 0 Å². The van der Waals surface area contributed by atoms with E-state index in [0.717, 1.165) is 74.5 Å². The first-order valence-corrected chi connectivity index (χ1v) is 17.4. The molecule has 48 heavy (non-hydrogen) atoms. The number of nitrogens with zero attached hydrogens (tertiary/aromatic N) is 1. The highest BCUT2D eigenvalue weighted by atomic mass is 32.1. The van der Waals surface area contributed by atoms with Crippen LogP contribution in [0, 0.1) is 5.92 Å². The standard InChI is InChI=1S/C42H39NO4S/c1-30-22-23-43(27-30)24-25-45-35-16-12-33(13-17-35)41(44)40-38-21-20-37(47-29-32-10-6-3-7-11-32)26-39(38)48-42(40)34-14-18-36(19-15-34)46-28-31-8-4-2-5-9-31/h2-21,26,30H,22-25,27-29H2,1H3. The van der Waals surface area contributed by atoms with Gasteiger partial charge in [0.1, 0.15) is 37.1 Å². The predicted octanol–water partition coefficient (Wildman–Crippen LogP) is 9.68. The molecule has 2 heterocycles. The number of fused-ring (bicyclic) bond motifs is 1. The second kappa shape index (κ2) is 14.9. The summed E-state index contributed by atoms with van der Waals surface area (Å²) in [6.07, 6.45) is 1.25. The van der Waals surface area contributed by atoms with Gasteiger partial charge in [-0.15, -0.1) is 11.3 Å². The van der Waals surface area contributed by atoms with Crippen LogP contribution in [0.25, 0.3) is 20.5 Å². The van der Waals surface area contributed by atoms with Crippen molar-refractivity contribution in [2.75, 3.05) is 26.2 Å². The molecule has 1 aliphatic heterocycles. The Kier molecular flexibility index (Phi) is 9.82. The minimum absolute atomic E-state index is 0.0174. The topological polar surface area (TPSA) is 48.0 Å². The minimum Gasteiger partial charge on any atom is -0.492 e. The quantitative estimate of drug-likeness (QED) is 0.116. The van der Waals surface area contributed by atoms with E-state index < -0.39 is 0 Å². The maximum Gasteiger partial charge on any atom is 0.195 e. The van der Waals surface area contributed by atoms with Crippen LogP contribution in [-0.2, 0) is 13.2 Å². The van der Waals surface area contributed by atoms with Crippen LogP contribution in [0.5, 0.6) is 17.2 Å². The van der Waals surface area contributed by atoms with Crippen molar-refractivity contribution in [3.8, 4) is 27.7 Å². The Balaban J connectivity index is 1.13. The summed E-state index contributed by atoms with van der Waals surface area (Å²) < 4.78 is 19.2. The van der Waals surface area contributed by atoms with Gasteiger partial charge < -0.3 is 14.2 Å². The zero-order valence-electron chi connectivity index (χ0n) is 27.1. The molecule has 7 rings (SSSR count). The number of rotatable bonds is 13. The Hall–Kier alpha value is -4.91. The SMILES string of the molecule is CC1CCN(CCOc2ccc(C(=O)c3c(-c4ccc(OCc5ccccc5)cc4)sc4cc(OCc5ccccc5)ccc34)cc2)C1. The lowest BCUT2D eigenvalue weighted by atomic mass is 9.97. The van der Waals surface area contributed by atoms with Crippen LogP contribution in [0.15, 0.2) is 127 Å². The van der Waals surface area contributed by atoms with Gasteiger partial charge in [0.2, 0.25) is 0 Å². The zero-order chi connectivity index (χ0) is 32.7. The van der Waals surface area contributed by atoms with E-state index in [9.17, 15) is 4.79 Å². The van der Waals surface area contributed by atoms with Gasteiger partial charge in [-0.25, -0.2) is 0 Å². The van der Waals surface area contributed by atoms with Gasteiger partial charge in [-0.3, -0.25) is 9.69 Å². The molecule has 5 aromatic carbocycles. The average Bonchev–Trinajstić information content (AvgIpc) is 3.73. The molecule has 1 unspecified atom stereocenters. The normalized spacial score (nSPS) is 14.6. The lowest BCUT2D eigenvalue weighted by Gasteiger charge is -2.15. The second-order valence-electron chi connectivity index (χ2n) is 12.4. The van der Waals surface area contributed by atoms with Crippen LogP contribution in [0.4, 0.5) is 0 Å². The first kappa shape index (κ1) is 31.7. The van der Waals surface area contributed by atoms with E-state index >= 15 is 0 Å². The second-order valence-corrected chi connectivity index (χ2v) is 13.5. The van der Waals surface area contributed by atoms with Gasteiger partial charge in [0, 0.05) is 39.2 Å². The molecule has 5 nitrogen and oxygen atoms in total. The molecule has 0 aliphatic carbocycles. The molecule has 242 valence electrons. The average molecular weight is 654 g/mol. The fourth-order valence-corrected chi connectivity index (χ4v) is 7.38. The molecular formula is C42H39NO4S. The zero-order valence-corrected chi connectivity index (χ0v) is 28.0. The van der Waals surface area contributed by atoms with Crippen molar-refractivity contribution in [1.82, 2.24) is 4.90 Å². The Morgan fingerprint density at radius 2 is 1.33 bits per heavy atom. The number of carbonyl (C=O) groups is 1. The van der Waals surface area contributed by atoms with Crippen LogP contribution < -0.4 is 14.2 Å². The third-order valence-corrected chi connectivity index (χ3v) is 10.0. The first-order chi connectivity index (χ1) is 23.6. The van der Waals surface area contributed by atoms with Crippen LogP contribution in [0.2, 0.25) is 0 Å². The Bertz CT molecular complexity index is 1950. The summed E-state index contributed by atoms with van der Waals surface area (Å²) in [5.74, 6) is 3.07. The summed E-state index contributed by atoms with van der Waals surface area (Å²) >= 11 is 1.61. The summed E-state index contributed by atoms with van der Waals surface area (Å²) in [6.45, 7) is 7.11. The van der Waals surface area contributed by atoms with Gasteiger partial charge >= 0.3 is 0 Å². The fourth-order valence-electron chi connectivity index (χ4n) is 6.15. The summed E-state index contributed by atoms with van der Waals surface area (Å²) in [7, 11) is 0. The molecule has 0 radical (unpaired) electrons. The van der Waals surface area contributed by atoms with E-state index in [2.05, 4.69) is 36.1 Å². The summed E-state index contributed by atoms with van der Waals surface area (Å²) in [5.41, 5.74) is 4.51. The monoisotopic (exact) mass is 653 g/mol. The van der Waals surface area contributed by atoms with E-state index in [0.29, 0.717) is 30.9 Å². The number of benzene rings is 5. The number of thiophene rings is 1. The minimum atomic E-state index is -0.0174. The van der Waals surface area contributed by atoms with Crippen LogP contribution in [-0.4, -0.2) is 36.9 Å². The largest absolute Gasteiger partial charge is 0.492 e. The van der Waals surface area contributed by atoms with Crippen molar-refractivity contribution >= 4 is 27.2 Å². The van der Waals surface area contributed by atoms with Crippen molar-refractivity contribution in [1.29, 1.82) is 0 Å². The van der Waals surface area contributed by atoms with Crippen molar-refractivity contribution in [2.24, 2.45) is 5.92 Å². The third kappa shape index (κ3) is 7.62. The number of hydrogen-bond acceptors (Lipinski definition) is 6. The molecule has 1 aliphatic rings. The van der Waals surface area contributed by atoms with Gasteiger partial charge in [-0.05, 0) is 102 Å². The number of carbonyl (C=O) groups excluding carboxylic acids is 1. The number of likely N-dealkylation sites (tertiary alicyclic amines) is 1. The molecule has 1 saturated heterocycles. The van der Waals surface area contributed by atoms with Crippen molar-refractivity contribution in [3.05, 3.63) is 150 Å². The van der Waals surface area contributed by atoms with Crippen LogP contribution >= 0.6 is 11.3 Å². The summed E-state index contributed by atoms with van der Waals surface area (Å²) in [6, 6.07) is 41.8. The molecule has 0 spiro atoms. The maximum atomic E-state index is 14.3. The Labute approximate surface area is 286 Å². The fraction of sp³-hybridized carbons (Fsp3) is 0.214.